The van der Waals surface area contributed by atoms with Gasteiger partial charge in [0.1, 0.15) is 0 Å². The predicted molar refractivity (Wildman–Crippen MR) is 93.1 cm³/mol. The molecule has 1 aromatic carbocycles. The molecule has 0 bridgehead atoms. The quantitative estimate of drug-likeness (QED) is 0.774. The Balaban J connectivity index is 1.51. The molecule has 0 amide bonds. The van der Waals surface area contributed by atoms with Gasteiger partial charge in [0.2, 0.25) is 26.9 Å². The number of anilines is 1. The molecule has 1 fully saturated rings. The van der Waals surface area contributed by atoms with Crippen LogP contribution in [0.2, 0.25) is 0 Å². The Hall–Kier alpha value is -1.91. The molecule has 134 valence electrons. The highest BCUT2D eigenvalue weighted by Crippen LogP contribution is 2.33. The second kappa shape index (κ2) is 6.43. The first kappa shape index (κ1) is 16.6. The Bertz CT molecular complexity index is 875. The van der Waals surface area contributed by atoms with Crippen molar-refractivity contribution in [1.82, 2.24) is 14.3 Å². The summed E-state index contributed by atoms with van der Waals surface area (Å²) in [5, 5.41) is 0. The zero-order valence-corrected chi connectivity index (χ0v) is 15.3. The fourth-order valence-electron chi connectivity index (χ4n) is 2.78. The maximum atomic E-state index is 12.7. The van der Waals surface area contributed by atoms with Crippen LogP contribution in [0, 0.1) is 0 Å². The molecule has 4 rings (SSSR count). The van der Waals surface area contributed by atoms with Gasteiger partial charge in [0, 0.05) is 37.7 Å². The summed E-state index contributed by atoms with van der Waals surface area (Å²) in [5.74, 6) is 1.57. The Labute approximate surface area is 150 Å². The average molecular weight is 382 g/mol. The second-order valence-corrected chi connectivity index (χ2v) is 9.01. The molecule has 3 heterocycles. The van der Waals surface area contributed by atoms with Crippen molar-refractivity contribution in [3.63, 3.8) is 0 Å². The van der Waals surface area contributed by atoms with Crippen molar-refractivity contribution >= 4 is 27.3 Å². The molecule has 0 N–H and O–H groups in total. The highest BCUT2D eigenvalue weighted by atomic mass is 32.2. The van der Waals surface area contributed by atoms with E-state index in [9.17, 15) is 8.42 Å². The molecular formula is C15H18N4O4S2. The van der Waals surface area contributed by atoms with E-state index in [4.69, 9.17) is 9.47 Å². The topological polar surface area (TPSA) is 84.9 Å². The Morgan fingerprint density at radius 2 is 1.92 bits per heavy atom. The number of hydrogen-bond acceptors (Lipinski definition) is 9. The number of hydrogen-bond donors (Lipinski definition) is 0. The molecule has 2 aliphatic heterocycles. The van der Waals surface area contributed by atoms with Crippen molar-refractivity contribution < 1.29 is 17.9 Å². The van der Waals surface area contributed by atoms with E-state index in [2.05, 4.69) is 21.3 Å². The summed E-state index contributed by atoms with van der Waals surface area (Å²) in [6.45, 7) is 3.59. The van der Waals surface area contributed by atoms with E-state index in [0.29, 0.717) is 23.0 Å². The van der Waals surface area contributed by atoms with E-state index >= 15 is 0 Å². The molecule has 10 heteroatoms. The lowest BCUT2D eigenvalue weighted by Crippen LogP contribution is -2.44. The fourth-order valence-corrected chi connectivity index (χ4v) is 4.92. The Morgan fingerprint density at radius 3 is 2.72 bits per heavy atom. The minimum atomic E-state index is -3.55. The minimum Gasteiger partial charge on any atom is -0.454 e. The summed E-state index contributed by atoms with van der Waals surface area (Å²) in [6.07, 6.45) is 0. The van der Waals surface area contributed by atoms with Gasteiger partial charge in [0.15, 0.2) is 11.5 Å². The maximum absolute atomic E-state index is 12.7. The molecule has 0 atom stereocenters. The summed E-state index contributed by atoms with van der Waals surface area (Å²) in [7, 11) is -1.49. The summed E-state index contributed by atoms with van der Waals surface area (Å²) < 4.78 is 40.2. The highest BCUT2D eigenvalue weighted by Gasteiger charge is 2.25. The molecular weight excluding hydrogens is 364 g/mol. The molecule has 0 radical (unpaired) electrons. The molecule has 25 heavy (non-hydrogen) atoms. The molecule has 2 aliphatic rings. The van der Waals surface area contributed by atoms with Gasteiger partial charge >= 0.3 is 0 Å². The number of sulfone groups is 1. The zero-order chi connectivity index (χ0) is 17.4. The summed E-state index contributed by atoms with van der Waals surface area (Å²) in [5.41, 5.74) is 0.639. The smallest absolute Gasteiger partial charge is 0.238 e. The average Bonchev–Trinajstić information content (AvgIpc) is 3.24. The largest absolute Gasteiger partial charge is 0.454 e. The van der Waals surface area contributed by atoms with Crippen LogP contribution in [0.25, 0.3) is 0 Å². The van der Waals surface area contributed by atoms with Crippen molar-refractivity contribution in [3.05, 3.63) is 23.8 Å². The van der Waals surface area contributed by atoms with Gasteiger partial charge < -0.3 is 19.3 Å². The van der Waals surface area contributed by atoms with Gasteiger partial charge in [-0.05, 0) is 24.7 Å². The van der Waals surface area contributed by atoms with Crippen LogP contribution in [-0.2, 0) is 15.6 Å². The first-order valence-electron chi connectivity index (χ1n) is 7.90. The van der Waals surface area contributed by atoms with Crippen LogP contribution in [0.1, 0.15) is 5.56 Å². The van der Waals surface area contributed by atoms with Crippen molar-refractivity contribution in [1.29, 1.82) is 0 Å². The van der Waals surface area contributed by atoms with Crippen LogP contribution in [0.15, 0.2) is 22.5 Å². The molecule has 8 nitrogen and oxygen atoms in total. The van der Waals surface area contributed by atoms with E-state index in [1.165, 1.54) is 0 Å². The molecule has 2 aromatic rings. The van der Waals surface area contributed by atoms with Gasteiger partial charge in [-0.1, -0.05) is 6.07 Å². The van der Waals surface area contributed by atoms with Gasteiger partial charge in [0.25, 0.3) is 0 Å². The third-order valence-corrected chi connectivity index (χ3v) is 7.07. The normalized spacial score (nSPS) is 17.9. The summed E-state index contributed by atoms with van der Waals surface area (Å²) in [4.78, 5) is 8.52. The first-order chi connectivity index (χ1) is 12.0. The van der Waals surface area contributed by atoms with Crippen LogP contribution in [0.3, 0.4) is 0 Å². The van der Waals surface area contributed by atoms with E-state index in [1.54, 1.807) is 18.2 Å². The SMILES string of the molecule is CN1CCN(c2nsc(S(=O)(=O)Cc3ccc4c(c3)OCO4)n2)CC1. The fraction of sp³-hybridized carbons (Fsp3) is 0.467. The molecule has 1 saturated heterocycles. The lowest BCUT2D eigenvalue weighted by atomic mass is 10.2. The van der Waals surface area contributed by atoms with Crippen molar-refractivity contribution in [2.24, 2.45) is 0 Å². The van der Waals surface area contributed by atoms with E-state index in [1.807, 2.05) is 4.90 Å². The van der Waals surface area contributed by atoms with Gasteiger partial charge in [-0.15, -0.1) is 0 Å². The molecule has 0 unspecified atom stereocenters. The third kappa shape index (κ3) is 3.42. The Kier molecular flexibility index (Phi) is 4.26. The maximum Gasteiger partial charge on any atom is 0.238 e. The highest BCUT2D eigenvalue weighted by molar-refractivity contribution is 7.92. The number of fused-ring (bicyclic) bond motifs is 1. The summed E-state index contributed by atoms with van der Waals surface area (Å²) in [6, 6.07) is 5.15. The van der Waals surface area contributed by atoms with E-state index in [0.717, 1.165) is 37.7 Å². The number of aromatic nitrogens is 2. The zero-order valence-electron chi connectivity index (χ0n) is 13.7. The first-order valence-corrected chi connectivity index (χ1v) is 10.3. The van der Waals surface area contributed by atoms with Crippen LogP contribution < -0.4 is 14.4 Å². The predicted octanol–water partition coefficient (Wildman–Crippen LogP) is 0.993. The Morgan fingerprint density at radius 1 is 1.16 bits per heavy atom. The van der Waals surface area contributed by atoms with Gasteiger partial charge in [0.05, 0.1) is 5.75 Å². The van der Waals surface area contributed by atoms with E-state index < -0.39 is 9.84 Å². The minimum absolute atomic E-state index is 0.0547. The second-order valence-electron chi connectivity index (χ2n) is 6.10. The molecule has 1 aromatic heterocycles. The third-order valence-electron chi connectivity index (χ3n) is 4.24. The van der Waals surface area contributed by atoms with Gasteiger partial charge in [-0.3, -0.25) is 0 Å². The molecule has 0 aliphatic carbocycles. The molecule has 0 spiro atoms. The van der Waals surface area contributed by atoms with Crippen molar-refractivity contribution in [3.8, 4) is 11.5 Å². The number of nitrogens with zero attached hydrogens (tertiary/aromatic N) is 4. The van der Waals surface area contributed by atoms with Crippen LogP contribution in [0.5, 0.6) is 11.5 Å². The van der Waals surface area contributed by atoms with Crippen LogP contribution in [-0.4, -0.2) is 62.7 Å². The molecule has 0 saturated carbocycles. The van der Waals surface area contributed by atoms with Crippen LogP contribution in [0.4, 0.5) is 5.95 Å². The lowest BCUT2D eigenvalue weighted by Gasteiger charge is -2.31. The monoisotopic (exact) mass is 382 g/mol. The number of likely N-dealkylation sites (N-methyl/N-ethyl adjacent to an activating group) is 1. The number of rotatable bonds is 4. The van der Waals surface area contributed by atoms with E-state index in [-0.39, 0.29) is 16.9 Å². The lowest BCUT2D eigenvalue weighted by molar-refractivity contribution is 0.174. The van der Waals surface area contributed by atoms with Gasteiger partial charge in [-0.25, -0.2) is 8.42 Å². The van der Waals surface area contributed by atoms with Gasteiger partial charge in [-0.2, -0.15) is 9.36 Å². The van der Waals surface area contributed by atoms with Crippen LogP contribution >= 0.6 is 11.5 Å². The van der Waals surface area contributed by atoms with Crippen molar-refractivity contribution in [2.75, 3.05) is 44.9 Å². The van der Waals surface area contributed by atoms with Crippen molar-refractivity contribution in [2.45, 2.75) is 10.1 Å². The summed E-state index contributed by atoms with van der Waals surface area (Å²) >= 11 is 0.935. The number of piperazine rings is 1. The standard InChI is InChI=1S/C15H18N4O4S2/c1-18-4-6-19(7-5-18)14-16-15(24-17-14)25(20,21)9-11-2-3-12-13(8-11)23-10-22-12/h2-3,8H,4-7,9-10H2,1H3. The number of benzene rings is 1. The number of ether oxygens (including phenoxy) is 2.